The first kappa shape index (κ1) is 23.1. The van der Waals surface area contributed by atoms with Crippen LogP contribution in [0.2, 0.25) is 0 Å². The fourth-order valence-electron chi connectivity index (χ4n) is 1.73. The molecule has 0 aromatic heterocycles. The Bertz CT molecular complexity index is 282. The third kappa shape index (κ3) is 21.1. The summed E-state index contributed by atoms with van der Waals surface area (Å²) in [5.74, 6) is 0. The number of hydrogen-bond acceptors (Lipinski definition) is 5. The molecule has 0 radical (unpaired) electrons. The molecule has 0 unspecified atom stereocenters. The molecule has 116 valence electrons. The van der Waals surface area contributed by atoms with Gasteiger partial charge in [-0.25, -0.2) is 8.42 Å². The molecule has 0 atom stereocenters. The summed E-state index contributed by atoms with van der Waals surface area (Å²) in [6.45, 7) is 3.52. The van der Waals surface area contributed by atoms with Crippen molar-refractivity contribution in [3.63, 3.8) is 0 Å². The predicted molar refractivity (Wildman–Crippen MR) is 73.7 cm³/mol. The van der Waals surface area contributed by atoms with Crippen molar-refractivity contribution in [3.8, 4) is 0 Å². The normalized spacial score (nSPS) is 11.3. The SMILES string of the molecule is CCCCCCCCCOCCCCOS(=O)(=O)[O-].[Na+]. The van der Waals surface area contributed by atoms with Crippen LogP contribution in [0.25, 0.3) is 0 Å². The van der Waals surface area contributed by atoms with Crippen molar-refractivity contribution < 1.29 is 51.4 Å². The van der Waals surface area contributed by atoms with E-state index < -0.39 is 10.4 Å². The Labute approximate surface area is 146 Å². The van der Waals surface area contributed by atoms with Crippen LogP contribution in [-0.2, 0) is 19.3 Å². The Hall–Kier alpha value is 0.830. The maximum absolute atomic E-state index is 10.1. The van der Waals surface area contributed by atoms with Crippen LogP contribution >= 0.6 is 0 Å². The molecular weight excluding hydrogens is 291 g/mol. The average Bonchev–Trinajstić information content (AvgIpc) is 2.34. The molecule has 7 heteroatoms. The molecular formula is C13H27NaO5S. The van der Waals surface area contributed by atoms with E-state index >= 15 is 0 Å². The van der Waals surface area contributed by atoms with E-state index in [2.05, 4.69) is 11.1 Å². The molecule has 0 aliphatic heterocycles. The largest absolute Gasteiger partial charge is 1.00 e. The molecule has 0 aliphatic carbocycles. The van der Waals surface area contributed by atoms with Crippen molar-refractivity contribution in [2.45, 2.75) is 64.7 Å². The second kappa shape index (κ2) is 16.2. The minimum Gasteiger partial charge on any atom is -0.726 e. The van der Waals surface area contributed by atoms with Crippen LogP contribution in [-0.4, -0.2) is 32.8 Å². The summed E-state index contributed by atoms with van der Waals surface area (Å²) in [5.41, 5.74) is 0. The molecule has 0 saturated heterocycles. The van der Waals surface area contributed by atoms with E-state index in [1.807, 2.05) is 0 Å². The molecule has 0 spiro atoms. The Morgan fingerprint density at radius 1 is 0.800 bits per heavy atom. The number of rotatable bonds is 14. The standard InChI is InChI=1S/C13H28O5S.Na/c1-2-3-4-5-6-7-8-11-17-12-9-10-13-18-19(14,15)16;/h2-13H2,1H3,(H,14,15,16);/q;+1/p-1. The monoisotopic (exact) mass is 318 g/mol. The van der Waals surface area contributed by atoms with Crippen molar-refractivity contribution in [3.05, 3.63) is 0 Å². The molecule has 0 aromatic carbocycles. The van der Waals surface area contributed by atoms with Crippen molar-refractivity contribution in [2.24, 2.45) is 0 Å². The van der Waals surface area contributed by atoms with Crippen molar-refractivity contribution in [2.75, 3.05) is 19.8 Å². The molecule has 0 heterocycles. The number of unbranched alkanes of at least 4 members (excludes halogenated alkanes) is 7. The second-order valence-electron chi connectivity index (χ2n) is 4.67. The molecule has 0 saturated carbocycles. The van der Waals surface area contributed by atoms with Crippen molar-refractivity contribution in [1.82, 2.24) is 0 Å². The summed E-state index contributed by atoms with van der Waals surface area (Å²) >= 11 is 0. The number of hydrogen-bond donors (Lipinski definition) is 0. The molecule has 20 heavy (non-hydrogen) atoms. The van der Waals surface area contributed by atoms with Gasteiger partial charge < -0.3 is 9.29 Å². The van der Waals surface area contributed by atoms with Gasteiger partial charge in [-0.15, -0.1) is 0 Å². The first-order chi connectivity index (χ1) is 9.06. The summed E-state index contributed by atoms with van der Waals surface area (Å²) in [6.07, 6.45) is 10.1. The Morgan fingerprint density at radius 2 is 1.25 bits per heavy atom. The van der Waals surface area contributed by atoms with Crippen LogP contribution < -0.4 is 29.6 Å². The maximum atomic E-state index is 10.1. The van der Waals surface area contributed by atoms with Gasteiger partial charge in [-0.3, -0.25) is 4.18 Å². The van der Waals surface area contributed by atoms with Gasteiger partial charge in [-0.2, -0.15) is 0 Å². The van der Waals surface area contributed by atoms with E-state index in [1.165, 1.54) is 38.5 Å². The first-order valence-corrected chi connectivity index (χ1v) is 8.57. The van der Waals surface area contributed by atoms with E-state index in [0.717, 1.165) is 13.0 Å². The van der Waals surface area contributed by atoms with Gasteiger partial charge in [0.2, 0.25) is 10.4 Å². The molecule has 0 amide bonds. The van der Waals surface area contributed by atoms with Crippen LogP contribution in [0.5, 0.6) is 0 Å². The van der Waals surface area contributed by atoms with Gasteiger partial charge in [0.15, 0.2) is 0 Å². The summed E-state index contributed by atoms with van der Waals surface area (Å²) < 4.78 is 39.9. The van der Waals surface area contributed by atoms with Crippen LogP contribution in [0.3, 0.4) is 0 Å². The molecule has 0 rings (SSSR count). The average molecular weight is 318 g/mol. The van der Waals surface area contributed by atoms with Gasteiger partial charge in [0.25, 0.3) is 0 Å². The van der Waals surface area contributed by atoms with E-state index in [4.69, 9.17) is 4.74 Å². The summed E-state index contributed by atoms with van der Waals surface area (Å²) in [5, 5.41) is 0. The molecule has 0 bridgehead atoms. The zero-order chi connectivity index (χ0) is 14.4. The van der Waals surface area contributed by atoms with Gasteiger partial charge in [-0.1, -0.05) is 45.4 Å². The fourth-order valence-corrected chi connectivity index (χ4v) is 2.05. The van der Waals surface area contributed by atoms with Crippen LogP contribution in [0.1, 0.15) is 64.7 Å². The van der Waals surface area contributed by atoms with Crippen molar-refractivity contribution in [1.29, 1.82) is 0 Å². The zero-order valence-corrected chi connectivity index (χ0v) is 15.8. The van der Waals surface area contributed by atoms with E-state index in [-0.39, 0.29) is 36.2 Å². The molecule has 0 aliphatic rings. The van der Waals surface area contributed by atoms with Crippen molar-refractivity contribution >= 4 is 10.4 Å². The minimum atomic E-state index is -4.53. The first-order valence-electron chi connectivity index (χ1n) is 7.24. The molecule has 0 N–H and O–H groups in total. The quantitative estimate of drug-likeness (QED) is 0.195. The summed E-state index contributed by atoms with van der Waals surface area (Å²) in [4.78, 5) is 0. The van der Waals surface area contributed by atoms with Gasteiger partial charge in [0.1, 0.15) is 0 Å². The summed E-state index contributed by atoms with van der Waals surface area (Å²) in [7, 11) is -4.53. The maximum Gasteiger partial charge on any atom is 1.00 e. The van der Waals surface area contributed by atoms with Crippen LogP contribution in [0.4, 0.5) is 0 Å². The van der Waals surface area contributed by atoms with E-state index in [0.29, 0.717) is 19.4 Å². The van der Waals surface area contributed by atoms with Crippen LogP contribution in [0.15, 0.2) is 0 Å². The van der Waals surface area contributed by atoms with E-state index in [1.54, 1.807) is 0 Å². The predicted octanol–water partition coefficient (Wildman–Crippen LogP) is 0.0146. The van der Waals surface area contributed by atoms with Gasteiger partial charge in [-0.05, 0) is 19.3 Å². The smallest absolute Gasteiger partial charge is 0.726 e. The Kier molecular flexibility index (Phi) is 18.7. The Balaban J connectivity index is 0. The third-order valence-electron chi connectivity index (χ3n) is 2.80. The van der Waals surface area contributed by atoms with Gasteiger partial charge >= 0.3 is 29.6 Å². The Morgan fingerprint density at radius 3 is 1.80 bits per heavy atom. The van der Waals surface area contributed by atoms with E-state index in [9.17, 15) is 13.0 Å². The molecule has 0 fully saturated rings. The molecule has 0 aromatic rings. The van der Waals surface area contributed by atoms with Gasteiger partial charge in [0.05, 0.1) is 6.61 Å². The topological polar surface area (TPSA) is 75.7 Å². The van der Waals surface area contributed by atoms with Gasteiger partial charge in [0, 0.05) is 13.2 Å². The molecule has 5 nitrogen and oxygen atoms in total. The van der Waals surface area contributed by atoms with Crippen LogP contribution in [0, 0.1) is 0 Å². The fraction of sp³-hybridized carbons (Fsp3) is 1.00. The number of ether oxygens (including phenoxy) is 1. The minimum absolute atomic E-state index is 0. The third-order valence-corrected chi connectivity index (χ3v) is 3.26. The second-order valence-corrected chi connectivity index (χ2v) is 5.72. The zero-order valence-electron chi connectivity index (χ0n) is 12.9. The summed E-state index contributed by atoms with van der Waals surface area (Å²) in [6, 6.07) is 0.